The summed E-state index contributed by atoms with van der Waals surface area (Å²) in [5.74, 6) is -2.24. The third-order valence-electron chi connectivity index (χ3n) is 5.11. The number of hydrogen-bond acceptors (Lipinski definition) is 5. The molecule has 1 heterocycles. The standard InChI is InChI=1S/C26H22F2N2O4/c1-3-33-21-13-11-18(15-22(21)34-4-2)29-24-23(16-8-6-5-7-9-16)25(31)30(26(24)32)20-14-17(27)10-12-19(20)28/h5-15,29H,3-4H2,1-2H3. The molecule has 3 aromatic carbocycles. The first-order chi connectivity index (χ1) is 16.4. The number of rotatable bonds is 8. The molecular formula is C26H22F2N2O4. The largest absolute Gasteiger partial charge is 0.490 e. The number of ether oxygens (including phenoxy) is 2. The van der Waals surface area contributed by atoms with E-state index in [1.807, 2.05) is 13.8 Å². The maximum atomic E-state index is 14.5. The van der Waals surface area contributed by atoms with E-state index in [9.17, 15) is 18.4 Å². The van der Waals surface area contributed by atoms with Gasteiger partial charge in [-0.15, -0.1) is 0 Å². The van der Waals surface area contributed by atoms with Crippen LogP contribution in [0.3, 0.4) is 0 Å². The van der Waals surface area contributed by atoms with Gasteiger partial charge in [-0.2, -0.15) is 0 Å². The number of halogens is 2. The van der Waals surface area contributed by atoms with E-state index in [0.29, 0.717) is 40.9 Å². The van der Waals surface area contributed by atoms with Crippen LogP contribution in [0.15, 0.2) is 72.4 Å². The summed E-state index contributed by atoms with van der Waals surface area (Å²) in [6, 6.07) is 16.1. The van der Waals surface area contributed by atoms with Gasteiger partial charge >= 0.3 is 0 Å². The van der Waals surface area contributed by atoms with Gasteiger partial charge in [-0.25, -0.2) is 13.7 Å². The Labute approximate surface area is 195 Å². The predicted octanol–water partition coefficient (Wildman–Crippen LogP) is 5.16. The molecule has 6 nitrogen and oxygen atoms in total. The van der Waals surface area contributed by atoms with Crippen LogP contribution >= 0.6 is 0 Å². The molecule has 0 bridgehead atoms. The fourth-order valence-electron chi connectivity index (χ4n) is 3.67. The topological polar surface area (TPSA) is 67.9 Å². The number of nitrogens with zero attached hydrogens (tertiary/aromatic N) is 1. The normalized spacial score (nSPS) is 13.5. The third-order valence-corrected chi connectivity index (χ3v) is 5.11. The molecule has 8 heteroatoms. The Morgan fingerprint density at radius 3 is 2.24 bits per heavy atom. The highest BCUT2D eigenvalue weighted by atomic mass is 19.1. The second-order valence-corrected chi connectivity index (χ2v) is 7.31. The van der Waals surface area contributed by atoms with Crippen LogP contribution in [0.4, 0.5) is 20.2 Å². The van der Waals surface area contributed by atoms with Crippen molar-refractivity contribution in [1.29, 1.82) is 0 Å². The van der Waals surface area contributed by atoms with Gasteiger partial charge in [-0.1, -0.05) is 30.3 Å². The minimum absolute atomic E-state index is 0.0427. The second-order valence-electron chi connectivity index (χ2n) is 7.31. The first-order valence-corrected chi connectivity index (χ1v) is 10.7. The monoisotopic (exact) mass is 464 g/mol. The number of nitrogens with one attached hydrogen (secondary N) is 1. The lowest BCUT2D eigenvalue weighted by molar-refractivity contribution is -0.120. The lowest BCUT2D eigenvalue weighted by Crippen LogP contribution is -2.33. The molecule has 3 aromatic rings. The van der Waals surface area contributed by atoms with Crippen molar-refractivity contribution >= 4 is 28.8 Å². The van der Waals surface area contributed by atoms with Crippen LogP contribution < -0.4 is 19.7 Å². The summed E-state index contributed by atoms with van der Waals surface area (Å²) >= 11 is 0. The molecule has 34 heavy (non-hydrogen) atoms. The first-order valence-electron chi connectivity index (χ1n) is 10.7. The van der Waals surface area contributed by atoms with Crippen LogP contribution in [-0.4, -0.2) is 25.0 Å². The number of benzene rings is 3. The molecule has 0 spiro atoms. The van der Waals surface area contributed by atoms with E-state index in [0.717, 1.165) is 18.2 Å². The van der Waals surface area contributed by atoms with Gasteiger partial charge in [0.1, 0.15) is 17.3 Å². The summed E-state index contributed by atoms with van der Waals surface area (Å²) < 4.78 is 39.6. The van der Waals surface area contributed by atoms with Crippen molar-refractivity contribution in [2.45, 2.75) is 13.8 Å². The van der Waals surface area contributed by atoms with E-state index in [1.54, 1.807) is 48.5 Å². The van der Waals surface area contributed by atoms with E-state index < -0.39 is 29.1 Å². The SMILES string of the molecule is CCOc1ccc(NC2=C(c3ccccc3)C(=O)N(c3cc(F)ccc3F)C2=O)cc1OCC. The zero-order chi connectivity index (χ0) is 24.2. The minimum Gasteiger partial charge on any atom is -0.490 e. The number of amides is 2. The molecule has 4 rings (SSSR count). The summed E-state index contributed by atoms with van der Waals surface area (Å²) in [7, 11) is 0. The van der Waals surface area contributed by atoms with Gasteiger partial charge < -0.3 is 14.8 Å². The Kier molecular flexibility index (Phi) is 6.58. The van der Waals surface area contributed by atoms with E-state index in [2.05, 4.69) is 5.32 Å². The lowest BCUT2D eigenvalue weighted by atomic mass is 10.0. The molecule has 0 aliphatic carbocycles. The van der Waals surface area contributed by atoms with Gasteiger partial charge in [0.05, 0.1) is 24.5 Å². The average Bonchev–Trinajstić information content (AvgIpc) is 3.07. The maximum absolute atomic E-state index is 14.5. The zero-order valence-electron chi connectivity index (χ0n) is 18.6. The molecular weight excluding hydrogens is 442 g/mol. The second kappa shape index (κ2) is 9.74. The van der Waals surface area contributed by atoms with Crippen molar-refractivity contribution in [1.82, 2.24) is 0 Å². The molecule has 174 valence electrons. The summed E-state index contributed by atoms with van der Waals surface area (Å²) in [5.41, 5.74) is 0.436. The molecule has 0 unspecified atom stereocenters. The van der Waals surface area contributed by atoms with Gasteiger partial charge in [0.15, 0.2) is 11.5 Å². The molecule has 0 radical (unpaired) electrons. The Morgan fingerprint density at radius 2 is 1.53 bits per heavy atom. The number of carbonyl (C=O) groups excluding carboxylic acids is 2. The van der Waals surface area contributed by atoms with Gasteiger partial charge in [0.25, 0.3) is 11.8 Å². The molecule has 0 aromatic heterocycles. The van der Waals surface area contributed by atoms with E-state index in [-0.39, 0.29) is 11.3 Å². The van der Waals surface area contributed by atoms with Crippen LogP contribution in [0.25, 0.3) is 5.57 Å². The minimum atomic E-state index is -0.892. The molecule has 0 fully saturated rings. The van der Waals surface area contributed by atoms with Crippen molar-refractivity contribution in [3.8, 4) is 11.5 Å². The average molecular weight is 464 g/mol. The Morgan fingerprint density at radius 1 is 0.824 bits per heavy atom. The number of anilines is 2. The summed E-state index contributed by atoms with van der Waals surface area (Å²) in [5, 5.41) is 2.99. The van der Waals surface area contributed by atoms with Crippen LogP contribution in [0, 0.1) is 11.6 Å². The fraction of sp³-hybridized carbons (Fsp3) is 0.154. The molecule has 0 atom stereocenters. The van der Waals surface area contributed by atoms with Gasteiger partial charge in [0, 0.05) is 17.8 Å². The Balaban J connectivity index is 1.80. The van der Waals surface area contributed by atoms with Gasteiger partial charge in [-0.3, -0.25) is 9.59 Å². The van der Waals surface area contributed by atoms with Crippen LogP contribution in [0.2, 0.25) is 0 Å². The molecule has 1 N–H and O–H groups in total. The Bertz CT molecular complexity index is 1280. The zero-order valence-corrected chi connectivity index (χ0v) is 18.6. The van der Waals surface area contributed by atoms with Crippen LogP contribution in [0.5, 0.6) is 11.5 Å². The highest BCUT2D eigenvalue weighted by Gasteiger charge is 2.41. The highest BCUT2D eigenvalue weighted by Crippen LogP contribution is 2.37. The predicted molar refractivity (Wildman–Crippen MR) is 125 cm³/mol. The highest BCUT2D eigenvalue weighted by molar-refractivity contribution is 6.46. The van der Waals surface area contributed by atoms with E-state index >= 15 is 0 Å². The van der Waals surface area contributed by atoms with E-state index in [4.69, 9.17) is 9.47 Å². The maximum Gasteiger partial charge on any atom is 0.282 e. The molecule has 0 saturated heterocycles. The quantitative estimate of drug-likeness (QED) is 0.467. The van der Waals surface area contributed by atoms with Crippen molar-refractivity contribution in [3.05, 3.63) is 89.6 Å². The lowest BCUT2D eigenvalue weighted by Gasteiger charge is -2.17. The summed E-state index contributed by atoms with van der Waals surface area (Å²) in [6.07, 6.45) is 0. The number of carbonyl (C=O) groups is 2. The van der Waals surface area contributed by atoms with Crippen LogP contribution in [0.1, 0.15) is 19.4 Å². The smallest absolute Gasteiger partial charge is 0.282 e. The molecule has 1 aliphatic heterocycles. The van der Waals surface area contributed by atoms with Crippen molar-refractivity contribution in [2.24, 2.45) is 0 Å². The first kappa shape index (κ1) is 23.0. The van der Waals surface area contributed by atoms with Crippen LogP contribution in [-0.2, 0) is 9.59 Å². The van der Waals surface area contributed by atoms with Crippen molar-refractivity contribution in [2.75, 3.05) is 23.4 Å². The summed E-state index contributed by atoms with van der Waals surface area (Å²) in [4.78, 5) is 27.4. The van der Waals surface area contributed by atoms with Gasteiger partial charge in [0.2, 0.25) is 0 Å². The van der Waals surface area contributed by atoms with Gasteiger partial charge in [-0.05, 0) is 43.7 Å². The molecule has 2 amide bonds. The number of hydrogen-bond donors (Lipinski definition) is 1. The summed E-state index contributed by atoms with van der Waals surface area (Å²) in [6.45, 7) is 4.51. The van der Waals surface area contributed by atoms with E-state index in [1.165, 1.54) is 0 Å². The third kappa shape index (κ3) is 4.34. The Hall–Kier alpha value is -4.20. The van der Waals surface area contributed by atoms with Crippen molar-refractivity contribution in [3.63, 3.8) is 0 Å². The number of imide groups is 1. The fourth-order valence-corrected chi connectivity index (χ4v) is 3.67. The molecule has 1 aliphatic rings. The van der Waals surface area contributed by atoms with Crippen molar-refractivity contribution < 1.29 is 27.8 Å². The molecule has 0 saturated carbocycles.